The Labute approximate surface area is 246 Å². The largest absolute Gasteiger partial charge is 0.504 e. The van der Waals surface area contributed by atoms with Crippen LogP contribution < -0.4 is 11.1 Å². The van der Waals surface area contributed by atoms with Gasteiger partial charge >= 0.3 is 6.03 Å². The summed E-state index contributed by atoms with van der Waals surface area (Å²) in [5.74, 6) is -1.31. The number of aromatic nitrogens is 1. The number of nitrogens with two attached hydrogens (primary N) is 1. The molecule has 2 aromatic carbocycles. The molecule has 13 nitrogen and oxygen atoms in total. The third-order valence-corrected chi connectivity index (χ3v) is 8.34. The van der Waals surface area contributed by atoms with Gasteiger partial charge in [-0.2, -0.15) is 10.3 Å². The van der Waals surface area contributed by atoms with Crippen molar-refractivity contribution in [2.24, 2.45) is 0 Å². The third kappa shape index (κ3) is 5.61. The maximum absolute atomic E-state index is 14.0. The standard InChI is InChI=1S/C28H32N8O5S/c1-2-3-10-31-28(41)34(11-9-29)35-16-24(39)36-19(12-17-7-8-20(37)21(38)13-17)26(40)33(15-23(35)36)14-18-5-4-6-22-25(18)32-27(30)42-22/h4-8,13,19,23,37-38H,2-3,10-12,14-16H2,1H3,(H2,30,32)(H,31,41)/t19-,23+/m0/s1. The number of carbonyl (C=O) groups is 3. The number of rotatable bonds is 9. The molecule has 4 amide bonds. The highest BCUT2D eigenvalue weighted by molar-refractivity contribution is 7.22. The van der Waals surface area contributed by atoms with Gasteiger partial charge in [-0.25, -0.2) is 14.8 Å². The molecule has 0 spiro atoms. The number of piperazine rings is 1. The number of nitrogens with zero attached hydrogens (tertiary/aromatic N) is 6. The van der Waals surface area contributed by atoms with Gasteiger partial charge in [0.1, 0.15) is 18.8 Å². The van der Waals surface area contributed by atoms with Gasteiger partial charge in [-0.15, -0.1) is 0 Å². The van der Waals surface area contributed by atoms with Gasteiger partial charge < -0.3 is 31.1 Å². The minimum atomic E-state index is -0.961. The van der Waals surface area contributed by atoms with Crippen LogP contribution in [0.2, 0.25) is 0 Å². The van der Waals surface area contributed by atoms with E-state index in [-0.39, 0.29) is 55.9 Å². The number of hydrogen-bond acceptors (Lipinski definition) is 10. The van der Waals surface area contributed by atoms with Crippen molar-refractivity contribution in [2.75, 3.05) is 31.9 Å². The number of aromatic hydroxyl groups is 2. The van der Waals surface area contributed by atoms with Gasteiger partial charge in [0, 0.05) is 19.5 Å². The second-order valence-electron chi connectivity index (χ2n) is 10.3. The molecule has 3 aromatic rings. The Morgan fingerprint density at radius 3 is 2.81 bits per heavy atom. The minimum Gasteiger partial charge on any atom is -0.504 e. The third-order valence-electron chi connectivity index (χ3n) is 7.49. The zero-order valence-electron chi connectivity index (χ0n) is 23.1. The van der Waals surface area contributed by atoms with Crippen molar-refractivity contribution >= 4 is 44.5 Å². The number of thiazole rings is 1. The maximum Gasteiger partial charge on any atom is 0.333 e. The topological polar surface area (TPSA) is 179 Å². The monoisotopic (exact) mass is 592 g/mol. The molecule has 5 rings (SSSR count). The van der Waals surface area contributed by atoms with E-state index in [1.54, 1.807) is 16.0 Å². The molecule has 0 unspecified atom stereocenters. The van der Waals surface area contributed by atoms with Gasteiger partial charge in [-0.1, -0.05) is 42.9 Å². The lowest BCUT2D eigenvalue weighted by atomic mass is 9.99. The number of fused-ring (bicyclic) bond motifs is 2. The average molecular weight is 593 g/mol. The van der Waals surface area contributed by atoms with Crippen molar-refractivity contribution < 1.29 is 24.6 Å². The summed E-state index contributed by atoms with van der Waals surface area (Å²) in [6.45, 7) is 2.22. The van der Waals surface area contributed by atoms with E-state index in [0.29, 0.717) is 22.8 Å². The lowest BCUT2D eigenvalue weighted by molar-refractivity contribution is -0.157. The van der Waals surface area contributed by atoms with Crippen LogP contribution in [0.3, 0.4) is 0 Å². The number of unbranched alkanes of at least 4 members (excludes halogenated alkanes) is 1. The molecule has 1 aromatic heterocycles. The number of hydrazine groups is 1. The van der Waals surface area contributed by atoms with Gasteiger partial charge in [-0.3, -0.25) is 9.59 Å². The molecule has 0 saturated carbocycles. The van der Waals surface area contributed by atoms with Crippen LogP contribution in [0.1, 0.15) is 30.9 Å². The van der Waals surface area contributed by atoms with Crippen molar-refractivity contribution in [3.8, 4) is 17.6 Å². The number of anilines is 1. The molecule has 2 saturated heterocycles. The molecule has 0 radical (unpaired) electrons. The minimum absolute atomic E-state index is 0.0635. The molecule has 2 fully saturated rings. The van der Waals surface area contributed by atoms with Gasteiger partial charge in [0.25, 0.3) is 0 Å². The van der Waals surface area contributed by atoms with Crippen molar-refractivity contribution in [1.29, 1.82) is 5.26 Å². The van der Waals surface area contributed by atoms with Gasteiger partial charge in [-0.05, 0) is 35.7 Å². The summed E-state index contributed by atoms with van der Waals surface area (Å²) in [6.07, 6.45) is 0.974. The van der Waals surface area contributed by atoms with Crippen LogP contribution in [-0.2, 0) is 22.6 Å². The van der Waals surface area contributed by atoms with Crippen molar-refractivity contribution in [3.05, 3.63) is 47.5 Å². The Kier molecular flexibility index (Phi) is 8.32. The molecule has 42 heavy (non-hydrogen) atoms. The van der Waals surface area contributed by atoms with Crippen LogP contribution >= 0.6 is 11.3 Å². The van der Waals surface area contributed by atoms with E-state index in [2.05, 4.69) is 10.3 Å². The van der Waals surface area contributed by atoms with Gasteiger partial charge in [0.2, 0.25) is 11.8 Å². The van der Waals surface area contributed by atoms with E-state index >= 15 is 0 Å². The molecule has 2 aliphatic rings. The second-order valence-corrected chi connectivity index (χ2v) is 11.3. The highest BCUT2D eigenvalue weighted by atomic mass is 32.1. The number of hydrogen-bond donors (Lipinski definition) is 4. The predicted octanol–water partition coefficient (Wildman–Crippen LogP) is 1.96. The van der Waals surface area contributed by atoms with E-state index in [0.717, 1.165) is 23.1 Å². The fourth-order valence-electron chi connectivity index (χ4n) is 5.48. The molecule has 0 bridgehead atoms. The maximum atomic E-state index is 14.0. The van der Waals surface area contributed by atoms with Crippen LogP contribution in [0.25, 0.3) is 10.2 Å². The first kappa shape index (κ1) is 28.9. The quantitative estimate of drug-likeness (QED) is 0.164. The first-order valence-corrected chi connectivity index (χ1v) is 14.5. The zero-order valence-corrected chi connectivity index (χ0v) is 23.9. The lowest BCUT2D eigenvalue weighted by Gasteiger charge is -2.46. The second kappa shape index (κ2) is 12.1. The van der Waals surface area contributed by atoms with Crippen LogP contribution in [0.15, 0.2) is 36.4 Å². The fraction of sp³-hybridized carbons (Fsp3) is 0.393. The van der Waals surface area contributed by atoms with Gasteiger partial charge in [0.05, 0.1) is 29.4 Å². The summed E-state index contributed by atoms with van der Waals surface area (Å²) >= 11 is 1.35. The molecule has 3 heterocycles. The van der Waals surface area contributed by atoms with Crippen LogP contribution in [0.5, 0.6) is 11.5 Å². The first-order chi connectivity index (χ1) is 20.2. The number of para-hydroxylation sites is 1. The predicted molar refractivity (Wildman–Crippen MR) is 155 cm³/mol. The van der Waals surface area contributed by atoms with Gasteiger partial charge in [0.15, 0.2) is 16.6 Å². The van der Waals surface area contributed by atoms with Crippen LogP contribution in [-0.4, -0.2) is 91.2 Å². The summed E-state index contributed by atoms with van der Waals surface area (Å²) < 4.78 is 0.883. The van der Waals surface area contributed by atoms with Crippen molar-refractivity contribution in [1.82, 2.24) is 30.1 Å². The number of benzene rings is 2. The van der Waals surface area contributed by atoms with Crippen molar-refractivity contribution in [2.45, 2.75) is 44.9 Å². The molecule has 5 N–H and O–H groups in total. The Hall–Kier alpha value is -4.61. The molecular formula is C28H32N8O5S. The number of amides is 4. The van der Waals surface area contributed by atoms with E-state index < -0.39 is 18.2 Å². The summed E-state index contributed by atoms with van der Waals surface area (Å²) in [4.78, 5) is 48.2. The first-order valence-electron chi connectivity index (χ1n) is 13.6. The highest BCUT2D eigenvalue weighted by Gasteiger charge is 2.52. The van der Waals surface area contributed by atoms with E-state index in [1.165, 1.54) is 33.4 Å². The Bertz CT molecular complexity index is 1550. The summed E-state index contributed by atoms with van der Waals surface area (Å²) in [5.41, 5.74) is 7.97. The molecule has 2 atom stereocenters. The Morgan fingerprint density at radius 1 is 1.26 bits per heavy atom. The number of phenols is 2. The van der Waals surface area contributed by atoms with Crippen LogP contribution in [0, 0.1) is 11.3 Å². The van der Waals surface area contributed by atoms with E-state index in [9.17, 15) is 29.9 Å². The normalized spacial score (nSPS) is 18.8. The zero-order chi connectivity index (χ0) is 30.0. The number of urea groups is 1. The smallest absolute Gasteiger partial charge is 0.333 e. The van der Waals surface area contributed by atoms with E-state index in [4.69, 9.17) is 5.73 Å². The number of nitriles is 1. The number of nitrogen functional groups attached to an aromatic ring is 1. The summed E-state index contributed by atoms with van der Waals surface area (Å²) in [7, 11) is 0. The van der Waals surface area contributed by atoms with Crippen molar-refractivity contribution in [3.63, 3.8) is 0 Å². The molecule has 0 aliphatic carbocycles. The van der Waals surface area contributed by atoms with E-state index in [1.807, 2.05) is 31.2 Å². The number of nitrogens with one attached hydrogen (secondary N) is 1. The molecular weight excluding hydrogens is 560 g/mol. The SMILES string of the molecule is CCCCNC(=O)N(CC#N)N1CC(=O)N2[C@@H](Cc3ccc(O)c(O)c3)C(=O)N(Cc3cccc4sc(N)nc34)C[C@@H]21. The van der Waals surface area contributed by atoms with Crippen LogP contribution in [0.4, 0.5) is 9.93 Å². The summed E-state index contributed by atoms with van der Waals surface area (Å²) in [5, 5.41) is 35.4. The number of phenolic OH excluding ortho intramolecular Hbond substituents is 2. The highest BCUT2D eigenvalue weighted by Crippen LogP contribution is 2.33. The Morgan fingerprint density at radius 2 is 2.07 bits per heavy atom. The molecule has 2 aliphatic heterocycles. The Balaban J connectivity index is 1.50. The average Bonchev–Trinajstić information content (AvgIpc) is 3.50. The molecule has 14 heteroatoms. The fourth-order valence-corrected chi connectivity index (χ4v) is 6.26. The lowest BCUT2D eigenvalue weighted by Crippen LogP contribution is -2.66. The number of carbonyl (C=O) groups excluding carboxylic acids is 3. The summed E-state index contributed by atoms with van der Waals surface area (Å²) in [6, 6.07) is 10.5. The molecule has 220 valence electrons.